The van der Waals surface area contributed by atoms with E-state index in [1.165, 1.54) is 6.21 Å². The smallest absolute Gasteiger partial charge is 0.277 e. The van der Waals surface area contributed by atoms with Gasteiger partial charge in [-0.3, -0.25) is 4.79 Å². The van der Waals surface area contributed by atoms with Crippen molar-refractivity contribution in [2.45, 2.75) is 20.8 Å². The Balaban J connectivity index is 1.94. The lowest BCUT2D eigenvalue weighted by Gasteiger charge is -2.13. The molecule has 24 heavy (non-hydrogen) atoms. The highest BCUT2D eigenvalue weighted by Gasteiger charge is 2.09. The summed E-state index contributed by atoms with van der Waals surface area (Å²) in [5, 5.41) is 4.69. The first-order valence-electron chi connectivity index (χ1n) is 7.35. The van der Waals surface area contributed by atoms with E-state index in [0.29, 0.717) is 15.6 Å². The molecule has 4 nitrogen and oxygen atoms in total. The van der Waals surface area contributed by atoms with Gasteiger partial charge >= 0.3 is 0 Å². The van der Waals surface area contributed by atoms with Gasteiger partial charge in [0.1, 0.15) is 5.75 Å². The van der Waals surface area contributed by atoms with Crippen LogP contribution in [0.25, 0.3) is 0 Å². The summed E-state index contributed by atoms with van der Waals surface area (Å²) >= 11 is 12.0. The zero-order valence-corrected chi connectivity index (χ0v) is 15.2. The summed E-state index contributed by atoms with van der Waals surface area (Å²) in [4.78, 5) is 11.9. The van der Waals surface area contributed by atoms with E-state index in [2.05, 4.69) is 10.5 Å². The summed E-state index contributed by atoms with van der Waals surface area (Å²) in [6, 6.07) is 9.18. The minimum atomic E-state index is -0.357. The lowest BCUT2D eigenvalue weighted by Crippen LogP contribution is -2.25. The Morgan fingerprint density at radius 1 is 1.17 bits per heavy atom. The molecular formula is C18H18Cl2N2O2. The van der Waals surface area contributed by atoms with Gasteiger partial charge in [0.05, 0.1) is 16.3 Å². The van der Waals surface area contributed by atoms with Crippen LogP contribution in [0.2, 0.25) is 10.0 Å². The average molecular weight is 365 g/mol. The Hall–Kier alpha value is -2.04. The van der Waals surface area contributed by atoms with E-state index in [9.17, 15) is 4.79 Å². The summed E-state index contributed by atoms with van der Waals surface area (Å²) in [6.45, 7) is 5.79. The number of carbonyl (C=O) groups excluding carboxylic acids is 1. The molecule has 126 valence electrons. The SMILES string of the molecule is Cc1ccc(C)c(OCC(=O)N/N=C\c2cccc(Cl)c2Cl)c1C. The Kier molecular flexibility index (Phi) is 6.23. The second-order valence-corrected chi connectivity index (χ2v) is 6.16. The number of carbonyl (C=O) groups is 1. The topological polar surface area (TPSA) is 50.7 Å². The summed E-state index contributed by atoms with van der Waals surface area (Å²) in [7, 11) is 0. The molecule has 0 aliphatic heterocycles. The minimum Gasteiger partial charge on any atom is -0.483 e. The number of aryl methyl sites for hydroxylation is 2. The minimum absolute atomic E-state index is 0.119. The quantitative estimate of drug-likeness (QED) is 0.629. The third-order valence-corrected chi connectivity index (χ3v) is 4.43. The fraction of sp³-hybridized carbons (Fsp3) is 0.222. The Morgan fingerprint density at radius 3 is 2.62 bits per heavy atom. The molecule has 0 atom stereocenters. The van der Waals surface area contributed by atoms with Crippen LogP contribution in [0.3, 0.4) is 0 Å². The third-order valence-electron chi connectivity index (χ3n) is 3.60. The predicted octanol–water partition coefficient (Wildman–Crippen LogP) is 4.45. The van der Waals surface area contributed by atoms with Crippen molar-refractivity contribution in [2.24, 2.45) is 5.10 Å². The molecule has 0 saturated heterocycles. The van der Waals surface area contributed by atoms with Crippen molar-refractivity contribution >= 4 is 35.3 Å². The number of benzene rings is 2. The monoisotopic (exact) mass is 364 g/mol. The number of halogens is 2. The molecule has 0 aliphatic rings. The van der Waals surface area contributed by atoms with Gasteiger partial charge in [0.15, 0.2) is 6.61 Å². The molecule has 0 saturated carbocycles. The van der Waals surface area contributed by atoms with Crippen LogP contribution in [0.4, 0.5) is 0 Å². The van der Waals surface area contributed by atoms with Gasteiger partial charge < -0.3 is 4.74 Å². The third kappa shape index (κ3) is 4.49. The molecule has 0 aromatic heterocycles. The average Bonchev–Trinajstić information content (AvgIpc) is 2.55. The first-order chi connectivity index (χ1) is 11.4. The van der Waals surface area contributed by atoms with Crippen LogP contribution in [0, 0.1) is 20.8 Å². The highest BCUT2D eigenvalue weighted by atomic mass is 35.5. The Labute approximate surface area is 151 Å². The molecule has 2 aromatic rings. The molecule has 0 radical (unpaired) electrons. The molecule has 0 heterocycles. The first-order valence-corrected chi connectivity index (χ1v) is 8.11. The van der Waals surface area contributed by atoms with Gasteiger partial charge in [0, 0.05) is 5.56 Å². The number of hydrazone groups is 1. The van der Waals surface area contributed by atoms with Crippen LogP contribution < -0.4 is 10.2 Å². The van der Waals surface area contributed by atoms with Gasteiger partial charge in [-0.05, 0) is 43.5 Å². The van der Waals surface area contributed by atoms with Crippen LogP contribution in [-0.4, -0.2) is 18.7 Å². The number of nitrogens with one attached hydrogen (secondary N) is 1. The normalized spacial score (nSPS) is 10.9. The molecule has 2 aromatic carbocycles. The summed E-state index contributed by atoms with van der Waals surface area (Å²) in [5.74, 6) is 0.372. The molecule has 1 N–H and O–H groups in total. The van der Waals surface area contributed by atoms with Crippen molar-refractivity contribution in [1.29, 1.82) is 0 Å². The van der Waals surface area contributed by atoms with Crippen LogP contribution in [0.5, 0.6) is 5.75 Å². The van der Waals surface area contributed by atoms with Gasteiger partial charge in [-0.2, -0.15) is 5.10 Å². The van der Waals surface area contributed by atoms with Gasteiger partial charge in [-0.1, -0.05) is 47.5 Å². The van der Waals surface area contributed by atoms with Crippen LogP contribution >= 0.6 is 23.2 Å². The van der Waals surface area contributed by atoms with E-state index in [4.69, 9.17) is 27.9 Å². The van der Waals surface area contributed by atoms with Crippen molar-refractivity contribution in [3.05, 3.63) is 62.6 Å². The van der Waals surface area contributed by atoms with E-state index in [0.717, 1.165) is 22.4 Å². The van der Waals surface area contributed by atoms with E-state index in [1.54, 1.807) is 18.2 Å². The number of hydrogen-bond donors (Lipinski definition) is 1. The van der Waals surface area contributed by atoms with E-state index in [-0.39, 0.29) is 12.5 Å². The summed E-state index contributed by atoms with van der Waals surface area (Å²) in [5.41, 5.74) is 6.15. The molecule has 0 unspecified atom stereocenters. The van der Waals surface area contributed by atoms with Crippen molar-refractivity contribution in [3.63, 3.8) is 0 Å². The van der Waals surface area contributed by atoms with Gasteiger partial charge in [-0.15, -0.1) is 0 Å². The van der Waals surface area contributed by atoms with Gasteiger partial charge in [0.25, 0.3) is 5.91 Å². The van der Waals surface area contributed by atoms with Crippen molar-refractivity contribution in [3.8, 4) is 5.75 Å². The van der Waals surface area contributed by atoms with Crippen LogP contribution in [0.1, 0.15) is 22.3 Å². The van der Waals surface area contributed by atoms with E-state index >= 15 is 0 Å². The largest absolute Gasteiger partial charge is 0.483 e. The highest BCUT2D eigenvalue weighted by molar-refractivity contribution is 6.43. The lowest BCUT2D eigenvalue weighted by molar-refractivity contribution is -0.123. The van der Waals surface area contributed by atoms with E-state index < -0.39 is 0 Å². The number of rotatable bonds is 5. The zero-order valence-electron chi connectivity index (χ0n) is 13.7. The number of amides is 1. The second-order valence-electron chi connectivity index (χ2n) is 5.38. The zero-order chi connectivity index (χ0) is 17.7. The molecule has 6 heteroatoms. The number of hydrogen-bond acceptors (Lipinski definition) is 3. The standard InChI is InChI=1S/C18H18Cl2N2O2/c1-11-7-8-12(2)18(13(11)3)24-10-16(23)22-21-9-14-5-4-6-15(19)17(14)20/h4-9H,10H2,1-3H3,(H,22,23)/b21-9-. The fourth-order valence-electron chi connectivity index (χ4n) is 2.11. The summed E-state index contributed by atoms with van der Waals surface area (Å²) in [6.07, 6.45) is 1.44. The molecule has 1 amide bonds. The number of ether oxygens (including phenoxy) is 1. The Bertz CT molecular complexity index is 789. The Morgan fingerprint density at radius 2 is 1.88 bits per heavy atom. The molecule has 0 bridgehead atoms. The maximum absolute atomic E-state index is 11.9. The number of nitrogens with zero attached hydrogens (tertiary/aromatic N) is 1. The van der Waals surface area contributed by atoms with Crippen molar-refractivity contribution in [1.82, 2.24) is 5.43 Å². The lowest BCUT2D eigenvalue weighted by atomic mass is 10.1. The maximum atomic E-state index is 11.9. The summed E-state index contributed by atoms with van der Waals surface area (Å²) < 4.78 is 5.62. The molecule has 0 spiro atoms. The van der Waals surface area contributed by atoms with Crippen LogP contribution in [-0.2, 0) is 4.79 Å². The van der Waals surface area contributed by atoms with Crippen molar-refractivity contribution in [2.75, 3.05) is 6.61 Å². The second kappa shape index (κ2) is 8.18. The first kappa shape index (κ1) is 18.3. The van der Waals surface area contributed by atoms with Gasteiger partial charge in [0.2, 0.25) is 0 Å². The fourth-order valence-corrected chi connectivity index (χ4v) is 2.47. The van der Waals surface area contributed by atoms with E-state index in [1.807, 2.05) is 32.9 Å². The molecular weight excluding hydrogens is 347 g/mol. The van der Waals surface area contributed by atoms with Crippen molar-refractivity contribution < 1.29 is 9.53 Å². The molecule has 0 aliphatic carbocycles. The van der Waals surface area contributed by atoms with Gasteiger partial charge in [-0.25, -0.2) is 5.43 Å². The molecule has 0 fully saturated rings. The highest BCUT2D eigenvalue weighted by Crippen LogP contribution is 2.25. The predicted molar refractivity (Wildman–Crippen MR) is 98.3 cm³/mol. The van der Waals surface area contributed by atoms with Crippen LogP contribution in [0.15, 0.2) is 35.4 Å². The molecule has 2 rings (SSSR count). The maximum Gasteiger partial charge on any atom is 0.277 e.